The largest absolute Gasteiger partial charge is 0.497 e. The van der Waals surface area contributed by atoms with Crippen molar-refractivity contribution in [3.63, 3.8) is 0 Å². The number of benzene rings is 3. The Kier molecular flexibility index (Phi) is 4.42. The van der Waals surface area contributed by atoms with Crippen LogP contribution in [0.15, 0.2) is 75.2 Å². The Labute approximate surface area is 158 Å². The van der Waals surface area contributed by atoms with Crippen molar-refractivity contribution >= 4 is 54.9 Å². The van der Waals surface area contributed by atoms with Gasteiger partial charge < -0.3 is 4.74 Å². The molecule has 0 aliphatic heterocycles. The van der Waals surface area contributed by atoms with E-state index in [-0.39, 0.29) is 5.43 Å². The molecule has 0 amide bonds. The molecule has 0 N–H and O–H groups in total. The van der Waals surface area contributed by atoms with E-state index in [1.165, 1.54) is 0 Å². The van der Waals surface area contributed by atoms with E-state index >= 15 is 0 Å². The van der Waals surface area contributed by atoms with Crippen LogP contribution in [0.3, 0.4) is 0 Å². The van der Waals surface area contributed by atoms with E-state index in [1.54, 1.807) is 30.2 Å². The summed E-state index contributed by atoms with van der Waals surface area (Å²) in [6.45, 7) is 0. The van der Waals surface area contributed by atoms with Crippen molar-refractivity contribution in [3.8, 4) is 5.75 Å². The summed E-state index contributed by atoms with van der Waals surface area (Å²) in [4.78, 5) is 14.7. The lowest BCUT2D eigenvalue weighted by atomic mass is 10.2. The fourth-order valence-corrected chi connectivity index (χ4v) is 5.09. The van der Waals surface area contributed by atoms with Crippen molar-refractivity contribution in [1.29, 1.82) is 0 Å². The normalized spacial score (nSPS) is 11.1. The third-order valence-electron chi connectivity index (χ3n) is 3.94. The van der Waals surface area contributed by atoms with Gasteiger partial charge >= 0.3 is 0 Å². The molecule has 0 saturated heterocycles. The summed E-state index contributed by atoms with van der Waals surface area (Å²) >= 11 is 9.78. The van der Waals surface area contributed by atoms with E-state index in [0.29, 0.717) is 10.4 Å². The summed E-state index contributed by atoms with van der Waals surface area (Å²) in [6, 6.07) is 19.3. The van der Waals surface area contributed by atoms with Crippen LogP contribution in [0.5, 0.6) is 5.75 Å². The standard InChI is InChI=1S/C20H13ClO2S2/c1-23-12-6-8-13(9-7-12)24-17-11-10-15-19(22)14-4-2-3-5-16(14)25-20(15)18(17)21/h2-11H,1H3. The van der Waals surface area contributed by atoms with Crippen LogP contribution in [0.2, 0.25) is 5.02 Å². The number of rotatable bonds is 3. The van der Waals surface area contributed by atoms with Gasteiger partial charge in [-0.15, -0.1) is 11.3 Å². The highest BCUT2D eigenvalue weighted by atomic mass is 35.5. The number of halogens is 1. The SMILES string of the molecule is COc1ccc(Sc2ccc3c(=O)c4ccccc4sc3c2Cl)cc1. The molecule has 4 aromatic rings. The molecule has 0 bridgehead atoms. The zero-order chi connectivity index (χ0) is 17.4. The average molecular weight is 385 g/mol. The van der Waals surface area contributed by atoms with Gasteiger partial charge in [-0.3, -0.25) is 4.79 Å². The lowest BCUT2D eigenvalue weighted by Gasteiger charge is -2.08. The third kappa shape index (κ3) is 3.01. The van der Waals surface area contributed by atoms with Gasteiger partial charge in [-0.05, 0) is 48.5 Å². The molecule has 0 atom stereocenters. The topological polar surface area (TPSA) is 26.3 Å². The van der Waals surface area contributed by atoms with Crippen LogP contribution >= 0.6 is 34.7 Å². The zero-order valence-electron chi connectivity index (χ0n) is 13.3. The lowest BCUT2D eigenvalue weighted by molar-refractivity contribution is 0.414. The van der Waals surface area contributed by atoms with E-state index in [0.717, 1.165) is 30.3 Å². The maximum Gasteiger partial charge on any atom is 0.195 e. The van der Waals surface area contributed by atoms with E-state index in [9.17, 15) is 4.79 Å². The molecule has 0 radical (unpaired) electrons. The van der Waals surface area contributed by atoms with E-state index in [2.05, 4.69) is 0 Å². The van der Waals surface area contributed by atoms with E-state index in [1.807, 2.05) is 60.7 Å². The summed E-state index contributed by atoms with van der Waals surface area (Å²) in [5.74, 6) is 0.818. The van der Waals surface area contributed by atoms with Gasteiger partial charge in [0.1, 0.15) is 5.75 Å². The lowest BCUT2D eigenvalue weighted by Crippen LogP contribution is -2.01. The highest BCUT2D eigenvalue weighted by molar-refractivity contribution is 7.99. The van der Waals surface area contributed by atoms with Crippen molar-refractivity contribution < 1.29 is 4.74 Å². The average Bonchev–Trinajstić information content (AvgIpc) is 2.65. The summed E-state index contributed by atoms with van der Waals surface area (Å²) in [5.41, 5.74) is 0.0345. The molecule has 0 saturated carbocycles. The predicted octanol–water partition coefficient (Wildman–Crippen LogP) is 6.23. The number of methoxy groups -OCH3 is 1. The Balaban J connectivity index is 1.84. The second-order valence-corrected chi connectivity index (χ2v) is 8.00. The molecule has 0 spiro atoms. The highest BCUT2D eigenvalue weighted by Gasteiger charge is 2.12. The van der Waals surface area contributed by atoms with Crippen molar-refractivity contribution in [3.05, 3.63) is 75.9 Å². The van der Waals surface area contributed by atoms with Gasteiger partial charge in [0.05, 0.1) is 16.8 Å². The first-order valence-corrected chi connectivity index (χ1v) is 9.64. The fraction of sp³-hybridized carbons (Fsp3) is 0.0500. The van der Waals surface area contributed by atoms with Crippen molar-refractivity contribution in [1.82, 2.24) is 0 Å². The first kappa shape index (κ1) is 16.5. The molecule has 25 heavy (non-hydrogen) atoms. The van der Waals surface area contributed by atoms with Gasteiger partial charge in [0, 0.05) is 25.3 Å². The van der Waals surface area contributed by atoms with E-state index in [4.69, 9.17) is 16.3 Å². The molecule has 5 heteroatoms. The van der Waals surface area contributed by atoms with Crippen molar-refractivity contribution in [2.24, 2.45) is 0 Å². The summed E-state index contributed by atoms with van der Waals surface area (Å²) in [5, 5.41) is 2.05. The molecule has 2 nitrogen and oxygen atoms in total. The monoisotopic (exact) mass is 384 g/mol. The van der Waals surface area contributed by atoms with Gasteiger partial charge in [-0.2, -0.15) is 0 Å². The number of hydrogen-bond donors (Lipinski definition) is 0. The van der Waals surface area contributed by atoms with E-state index < -0.39 is 0 Å². The van der Waals surface area contributed by atoms with Crippen LogP contribution in [-0.2, 0) is 0 Å². The van der Waals surface area contributed by atoms with Crippen LogP contribution < -0.4 is 10.2 Å². The van der Waals surface area contributed by atoms with Gasteiger partial charge in [-0.25, -0.2) is 0 Å². The minimum absolute atomic E-state index is 0.0345. The van der Waals surface area contributed by atoms with Crippen LogP contribution in [0.1, 0.15) is 0 Å². The molecule has 0 aliphatic rings. The third-order valence-corrected chi connectivity index (χ3v) is 6.83. The smallest absolute Gasteiger partial charge is 0.195 e. The summed E-state index contributed by atoms with van der Waals surface area (Å²) in [7, 11) is 1.65. The van der Waals surface area contributed by atoms with Crippen molar-refractivity contribution in [2.45, 2.75) is 9.79 Å². The minimum Gasteiger partial charge on any atom is -0.497 e. The van der Waals surface area contributed by atoms with Gasteiger partial charge in [0.25, 0.3) is 0 Å². The molecule has 0 fully saturated rings. The maximum absolute atomic E-state index is 12.7. The second-order valence-electron chi connectivity index (χ2n) is 5.46. The highest BCUT2D eigenvalue weighted by Crippen LogP contribution is 2.40. The predicted molar refractivity (Wildman–Crippen MR) is 108 cm³/mol. The molecular formula is C20H13ClO2S2. The molecule has 3 aromatic carbocycles. The quantitative estimate of drug-likeness (QED) is 0.392. The molecule has 4 rings (SSSR count). The maximum atomic E-state index is 12.7. The Hall–Kier alpha value is -2.01. The zero-order valence-corrected chi connectivity index (χ0v) is 15.7. The van der Waals surface area contributed by atoms with Gasteiger partial charge in [0.15, 0.2) is 5.43 Å². The van der Waals surface area contributed by atoms with Gasteiger partial charge in [-0.1, -0.05) is 35.5 Å². The first-order valence-electron chi connectivity index (χ1n) is 7.63. The Bertz CT molecular complexity index is 1130. The molecule has 1 aromatic heterocycles. The van der Waals surface area contributed by atoms with Crippen molar-refractivity contribution in [2.75, 3.05) is 7.11 Å². The number of hydrogen-bond acceptors (Lipinski definition) is 4. The molecule has 0 unspecified atom stereocenters. The molecular weight excluding hydrogens is 372 g/mol. The summed E-state index contributed by atoms with van der Waals surface area (Å²) < 4.78 is 6.98. The van der Waals surface area contributed by atoms with Crippen LogP contribution in [0, 0.1) is 0 Å². The molecule has 1 heterocycles. The van der Waals surface area contributed by atoms with Crippen LogP contribution in [0.4, 0.5) is 0 Å². The Morgan fingerprint density at radius 2 is 1.72 bits per heavy atom. The first-order chi connectivity index (χ1) is 12.2. The number of ether oxygens (including phenoxy) is 1. The second kappa shape index (κ2) is 6.71. The molecule has 124 valence electrons. The van der Waals surface area contributed by atoms with Crippen LogP contribution in [0.25, 0.3) is 20.2 Å². The Morgan fingerprint density at radius 1 is 0.960 bits per heavy atom. The Morgan fingerprint density at radius 3 is 2.48 bits per heavy atom. The van der Waals surface area contributed by atoms with Crippen LogP contribution in [-0.4, -0.2) is 7.11 Å². The fourth-order valence-electron chi connectivity index (χ4n) is 2.66. The molecule has 0 aliphatic carbocycles. The van der Waals surface area contributed by atoms with Gasteiger partial charge in [0.2, 0.25) is 0 Å². The number of fused-ring (bicyclic) bond motifs is 2. The minimum atomic E-state index is 0.0345. The summed E-state index contributed by atoms with van der Waals surface area (Å²) in [6.07, 6.45) is 0.